The van der Waals surface area contributed by atoms with Crippen LogP contribution in [0.25, 0.3) is 32.5 Å². The van der Waals surface area contributed by atoms with Crippen LogP contribution in [0.2, 0.25) is 0 Å². The number of nitrogens with zero attached hydrogens (tertiary/aromatic N) is 3. The van der Waals surface area contributed by atoms with E-state index >= 15 is 0 Å². The number of amides is 1. The highest BCUT2D eigenvalue weighted by Crippen LogP contribution is 2.33. The predicted octanol–water partition coefficient (Wildman–Crippen LogP) is 3.97. The molecule has 5 nitrogen and oxygen atoms in total. The third-order valence-electron chi connectivity index (χ3n) is 5.68. The molecule has 1 saturated heterocycles. The van der Waals surface area contributed by atoms with Gasteiger partial charge >= 0.3 is 0 Å². The van der Waals surface area contributed by atoms with Gasteiger partial charge in [0.2, 0.25) is 0 Å². The Morgan fingerprint density at radius 1 is 1.03 bits per heavy atom. The zero-order chi connectivity index (χ0) is 23.3. The standard InChI is InChI=1S/C24H21N3O2S4/c1-4-26-21(28)19(32-23(26)20-22(29)27(5-2)24(30)33-20)12-15-11-17-18(31-15)13-16(25(17)3)14-9-7-6-8-10-14/h6-13H,4-5H2,1-3H3/b19-12+,23-20+. The van der Waals surface area contributed by atoms with Gasteiger partial charge in [-0.25, -0.2) is 0 Å². The van der Waals surface area contributed by atoms with Crippen LogP contribution in [0, 0.1) is 0 Å². The largest absolute Gasteiger partial charge is 0.343 e. The van der Waals surface area contributed by atoms with Crippen molar-refractivity contribution in [2.24, 2.45) is 7.05 Å². The van der Waals surface area contributed by atoms with E-state index in [1.54, 1.807) is 20.8 Å². The van der Waals surface area contributed by atoms with Crippen molar-refractivity contribution in [1.29, 1.82) is 0 Å². The fourth-order valence-electron chi connectivity index (χ4n) is 3.99. The Kier molecular flexibility index (Phi) is 5.90. The number of thioether (sulfide) groups is 1. The predicted molar refractivity (Wildman–Crippen MR) is 144 cm³/mol. The molecule has 1 aliphatic rings. The summed E-state index contributed by atoms with van der Waals surface area (Å²) in [5.74, 6) is -0.113. The van der Waals surface area contributed by atoms with Crippen molar-refractivity contribution in [1.82, 2.24) is 14.0 Å². The van der Waals surface area contributed by atoms with Crippen LogP contribution >= 0.6 is 46.7 Å². The lowest BCUT2D eigenvalue weighted by Gasteiger charge is -2.09. The zero-order valence-electron chi connectivity index (χ0n) is 18.3. The highest BCUT2D eigenvalue weighted by Gasteiger charge is 2.32. The number of thiazole rings is 1. The van der Waals surface area contributed by atoms with Gasteiger partial charge in [-0.2, -0.15) is 0 Å². The minimum Gasteiger partial charge on any atom is -0.343 e. The number of aromatic nitrogens is 2. The van der Waals surface area contributed by atoms with Crippen LogP contribution < -0.4 is 14.8 Å². The summed E-state index contributed by atoms with van der Waals surface area (Å²) >= 11 is 9.68. The third-order valence-corrected chi connectivity index (χ3v) is 9.39. The lowest BCUT2D eigenvalue weighted by atomic mass is 10.1. The molecule has 168 valence electrons. The molecular weight excluding hydrogens is 491 g/mol. The fraction of sp³-hybridized carbons (Fsp3) is 0.208. The van der Waals surface area contributed by atoms with Gasteiger partial charge in [-0.3, -0.25) is 19.1 Å². The maximum atomic E-state index is 13.1. The van der Waals surface area contributed by atoms with Gasteiger partial charge in [-0.1, -0.05) is 54.3 Å². The van der Waals surface area contributed by atoms with Crippen molar-refractivity contribution in [3.05, 3.63) is 66.9 Å². The Bertz CT molecular complexity index is 1590. The van der Waals surface area contributed by atoms with Crippen molar-refractivity contribution < 1.29 is 4.79 Å². The Balaban J connectivity index is 1.62. The number of carbonyl (C=O) groups is 1. The third kappa shape index (κ3) is 3.73. The zero-order valence-corrected chi connectivity index (χ0v) is 21.6. The first kappa shape index (κ1) is 22.3. The van der Waals surface area contributed by atoms with Crippen molar-refractivity contribution in [2.45, 2.75) is 20.4 Å². The van der Waals surface area contributed by atoms with Gasteiger partial charge in [0.25, 0.3) is 11.5 Å². The molecule has 4 aromatic rings. The van der Waals surface area contributed by atoms with Crippen molar-refractivity contribution >= 4 is 78.1 Å². The van der Waals surface area contributed by atoms with Crippen molar-refractivity contribution in [3.8, 4) is 11.3 Å². The van der Waals surface area contributed by atoms with E-state index in [1.165, 1.54) is 39.1 Å². The van der Waals surface area contributed by atoms with Crippen LogP contribution in [0.3, 0.4) is 0 Å². The van der Waals surface area contributed by atoms with Gasteiger partial charge in [0.1, 0.15) is 13.9 Å². The Morgan fingerprint density at radius 2 is 1.79 bits per heavy atom. The van der Waals surface area contributed by atoms with E-state index in [1.807, 2.05) is 38.1 Å². The second-order valence-electron chi connectivity index (χ2n) is 7.56. The van der Waals surface area contributed by atoms with E-state index in [2.05, 4.69) is 35.9 Å². The van der Waals surface area contributed by atoms with E-state index in [9.17, 15) is 9.59 Å². The van der Waals surface area contributed by atoms with Gasteiger partial charge in [0.15, 0.2) is 0 Å². The molecule has 1 fully saturated rings. The second kappa shape index (κ2) is 8.72. The minimum absolute atomic E-state index is 0.0679. The van der Waals surface area contributed by atoms with E-state index in [-0.39, 0.29) is 11.5 Å². The minimum atomic E-state index is -0.113. The van der Waals surface area contributed by atoms with E-state index in [4.69, 9.17) is 12.2 Å². The summed E-state index contributed by atoms with van der Waals surface area (Å²) in [6.45, 7) is 4.86. The first-order chi connectivity index (χ1) is 15.9. The highest BCUT2D eigenvalue weighted by atomic mass is 32.2. The molecule has 0 N–H and O–H groups in total. The lowest BCUT2D eigenvalue weighted by Crippen LogP contribution is -2.33. The van der Waals surface area contributed by atoms with Crippen molar-refractivity contribution in [2.75, 3.05) is 6.54 Å². The maximum Gasteiger partial charge on any atom is 0.269 e. The fourth-order valence-corrected chi connectivity index (χ4v) is 7.84. The summed E-state index contributed by atoms with van der Waals surface area (Å²) in [5.41, 5.74) is 3.41. The summed E-state index contributed by atoms with van der Waals surface area (Å²) in [4.78, 5) is 29.1. The number of carbonyl (C=O) groups excluding carboxylic acids is 1. The Hall–Kier alpha value is -2.46. The Labute approximate surface area is 208 Å². The van der Waals surface area contributed by atoms with Crippen LogP contribution in [0.15, 0.2) is 47.3 Å². The molecule has 4 heterocycles. The summed E-state index contributed by atoms with van der Waals surface area (Å²) < 4.78 is 6.91. The second-order valence-corrected chi connectivity index (χ2v) is 11.4. The summed E-state index contributed by atoms with van der Waals surface area (Å²) in [7, 11) is 2.07. The maximum absolute atomic E-state index is 13.1. The molecule has 0 radical (unpaired) electrons. The van der Waals surface area contributed by atoms with E-state index < -0.39 is 0 Å². The molecule has 0 bridgehead atoms. The van der Waals surface area contributed by atoms with Crippen LogP contribution in [0.1, 0.15) is 18.7 Å². The number of benzene rings is 1. The van der Waals surface area contributed by atoms with Gasteiger partial charge in [0, 0.05) is 30.7 Å². The average molecular weight is 512 g/mol. The highest BCUT2D eigenvalue weighted by molar-refractivity contribution is 8.30. The SMILES string of the molecule is CCN1C(=O)/C(=c2\s/c(=C/c3cc4c(cc(-c5ccccc5)n4C)s3)c(=O)n2CC)SC1=S. The van der Waals surface area contributed by atoms with Crippen molar-refractivity contribution in [3.63, 3.8) is 0 Å². The summed E-state index contributed by atoms with van der Waals surface area (Å²) in [5, 5.41) is 0. The smallest absolute Gasteiger partial charge is 0.269 e. The van der Waals surface area contributed by atoms with Crippen LogP contribution in [0.5, 0.6) is 0 Å². The molecule has 1 aliphatic heterocycles. The molecule has 0 unspecified atom stereocenters. The number of thiophene rings is 1. The molecule has 9 heteroatoms. The van der Waals surface area contributed by atoms with Gasteiger partial charge in [-0.05, 0) is 37.6 Å². The molecule has 0 saturated carbocycles. The number of aryl methyl sites for hydroxylation is 1. The average Bonchev–Trinajstić information content (AvgIpc) is 3.52. The van der Waals surface area contributed by atoms with Gasteiger partial charge < -0.3 is 4.57 Å². The quantitative estimate of drug-likeness (QED) is 0.389. The molecule has 3 aromatic heterocycles. The first-order valence-electron chi connectivity index (χ1n) is 10.6. The van der Waals surface area contributed by atoms with Crippen LogP contribution in [0.4, 0.5) is 0 Å². The van der Waals surface area contributed by atoms with E-state index in [0.29, 0.717) is 31.5 Å². The molecular formula is C24H21N3O2S4. The summed E-state index contributed by atoms with van der Waals surface area (Å²) in [6.07, 6.45) is 1.94. The number of rotatable bonds is 4. The van der Waals surface area contributed by atoms with Gasteiger partial charge in [-0.15, -0.1) is 22.7 Å². The monoisotopic (exact) mass is 511 g/mol. The Morgan fingerprint density at radius 3 is 2.42 bits per heavy atom. The normalized spacial score (nSPS) is 16.6. The van der Waals surface area contributed by atoms with Crippen LogP contribution in [-0.2, 0) is 18.4 Å². The number of thiocarbonyl (C=S) groups is 1. The first-order valence-corrected chi connectivity index (χ1v) is 13.4. The lowest BCUT2D eigenvalue weighted by molar-refractivity contribution is -0.120. The molecule has 0 spiro atoms. The molecule has 5 rings (SSSR count). The number of fused-ring (bicyclic) bond motifs is 1. The van der Waals surface area contributed by atoms with Gasteiger partial charge in [0.05, 0.1) is 14.7 Å². The molecule has 1 amide bonds. The molecule has 0 atom stereocenters. The van der Waals surface area contributed by atoms with E-state index in [0.717, 1.165) is 10.4 Å². The topological polar surface area (TPSA) is 47.2 Å². The molecule has 1 aromatic carbocycles. The number of hydrogen-bond acceptors (Lipinski definition) is 6. The summed E-state index contributed by atoms with van der Waals surface area (Å²) in [6, 6.07) is 14.6. The number of hydrogen-bond donors (Lipinski definition) is 0. The van der Waals surface area contributed by atoms with Crippen LogP contribution in [-0.4, -0.2) is 30.8 Å². The molecule has 0 aliphatic carbocycles. The molecule has 33 heavy (non-hydrogen) atoms.